The number of carbonyl (C=O) groups excluding carboxylic acids is 2. The first-order valence-corrected chi connectivity index (χ1v) is 8.06. The number of nitrogens with zero attached hydrogens (tertiary/aromatic N) is 3. The van der Waals surface area contributed by atoms with Crippen LogP contribution in [-0.4, -0.2) is 60.9 Å². The van der Waals surface area contributed by atoms with E-state index >= 15 is 0 Å². The molecule has 1 aromatic carbocycles. The van der Waals surface area contributed by atoms with Crippen molar-refractivity contribution in [2.75, 3.05) is 34.2 Å². The number of benzene rings is 1. The fourth-order valence-electron chi connectivity index (χ4n) is 2.32. The summed E-state index contributed by atoms with van der Waals surface area (Å²) in [7, 11) is 5.23. The van der Waals surface area contributed by atoms with Crippen LogP contribution in [0, 0.1) is 0 Å². The fourth-order valence-corrected chi connectivity index (χ4v) is 2.32. The van der Waals surface area contributed by atoms with Gasteiger partial charge in [-0.05, 0) is 14.1 Å². The normalized spacial score (nSPS) is 10.6. The minimum atomic E-state index is -0.241. The Labute approximate surface area is 147 Å². The summed E-state index contributed by atoms with van der Waals surface area (Å²) in [4.78, 5) is 34.4. The summed E-state index contributed by atoms with van der Waals surface area (Å²) in [6.07, 6.45) is 1.98. The summed E-state index contributed by atoms with van der Waals surface area (Å²) in [5.41, 5.74) is 1.91. The summed E-state index contributed by atoms with van der Waals surface area (Å²) in [5, 5.41) is 5.43. The molecule has 0 spiro atoms. The average Bonchev–Trinajstić information content (AvgIpc) is 2.61. The van der Waals surface area contributed by atoms with E-state index in [-0.39, 0.29) is 11.8 Å². The number of hydrogen-bond acceptors (Lipinski definition) is 5. The second-order valence-corrected chi connectivity index (χ2v) is 5.84. The molecule has 2 amide bonds. The molecule has 2 rings (SSSR count). The predicted molar refractivity (Wildman–Crippen MR) is 96.1 cm³/mol. The minimum Gasteiger partial charge on any atom is -0.355 e. The lowest BCUT2D eigenvalue weighted by atomic mass is 10.1. The topological polar surface area (TPSA) is 87.2 Å². The molecule has 7 heteroatoms. The number of amides is 2. The minimum absolute atomic E-state index is 0.0659. The van der Waals surface area contributed by atoms with Crippen molar-refractivity contribution >= 4 is 11.8 Å². The van der Waals surface area contributed by atoms with Gasteiger partial charge in [0.05, 0.1) is 17.8 Å². The van der Waals surface area contributed by atoms with Gasteiger partial charge in [0.1, 0.15) is 0 Å². The molecule has 0 saturated heterocycles. The van der Waals surface area contributed by atoms with Crippen LogP contribution in [0.1, 0.15) is 16.1 Å². The van der Waals surface area contributed by atoms with Crippen molar-refractivity contribution < 1.29 is 9.59 Å². The third-order valence-corrected chi connectivity index (χ3v) is 3.52. The molecule has 2 N–H and O–H groups in total. The number of likely N-dealkylation sites (N-methyl/N-ethyl adjacent to an activating group) is 1. The molecule has 0 bridgehead atoms. The lowest BCUT2D eigenvalue weighted by Crippen LogP contribution is -2.34. The van der Waals surface area contributed by atoms with Crippen molar-refractivity contribution in [2.24, 2.45) is 0 Å². The Morgan fingerprint density at radius 3 is 2.52 bits per heavy atom. The Bertz CT molecular complexity index is 732. The molecule has 132 valence electrons. The zero-order valence-corrected chi connectivity index (χ0v) is 14.7. The van der Waals surface area contributed by atoms with E-state index in [0.717, 1.165) is 5.56 Å². The second-order valence-electron chi connectivity index (χ2n) is 5.84. The summed E-state index contributed by atoms with van der Waals surface area (Å²) in [6.45, 7) is 0.725. The number of aromatic nitrogens is 2. The first kappa shape index (κ1) is 18.5. The Hall–Kier alpha value is -2.80. The Morgan fingerprint density at radius 2 is 1.88 bits per heavy atom. The highest BCUT2D eigenvalue weighted by Crippen LogP contribution is 2.16. The predicted octanol–water partition coefficient (Wildman–Crippen LogP) is 0.723. The van der Waals surface area contributed by atoms with Gasteiger partial charge in [0.2, 0.25) is 5.91 Å². The molecule has 0 fully saturated rings. The van der Waals surface area contributed by atoms with Crippen LogP contribution >= 0.6 is 0 Å². The first-order chi connectivity index (χ1) is 12.0. The van der Waals surface area contributed by atoms with Crippen molar-refractivity contribution in [3.63, 3.8) is 0 Å². The van der Waals surface area contributed by atoms with Crippen LogP contribution in [0.4, 0.5) is 0 Å². The lowest BCUT2D eigenvalue weighted by molar-refractivity contribution is -0.121. The monoisotopic (exact) mass is 341 g/mol. The molecule has 0 atom stereocenters. The molecule has 0 aliphatic carbocycles. The van der Waals surface area contributed by atoms with Gasteiger partial charge in [0.15, 0.2) is 5.82 Å². The Kier molecular flexibility index (Phi) is 6.59. The molecule has 0 saturated carbocycles. The van der Waals surface area contributed by atoms with Crippen molar-refractivity contribution in [1.82, 2.24) is 25.5 Å². The number of nitrogens with one attached hydrogen (secondary N) is 2. The van der Waals surface area contributed by atoms with E-state index in [9.17, 15) is 9.59 Å². The molecular formula is C18H23N5O2. The Balaban J connectivity index is 2.17. The molecule has 25 heavy (non-hydrogen) atoms. The third kappa shape index (κ3) is 5.36. The fraction of sp³-hybridized carbons (Fsp3) is 0.333. The maximum absolute atomic E-state index is 12.0. The molecule has 1 heterocycles. The standard InChI is InChI=1S/C18H23N5O2/c1-19-18(25)14-11-21-17(13-7-5-4-6-8-13)22-15(14)9-10-20-16(24)12-23(2)3/h4-8,11H,9-10,12H2,1-3H3,(H,19,25)(H,20,24). The zero-order chi connectivity index (χ0) is 18.2. The van der Waals surface area contributed by atoms with Gasteiger partial charge in [0.25, 0.3) is 5.91 Å². The van der Waals surface area contributed by atoms with Crippen molar-refractivity contribution in [1.29, 1.82) is 0 Å². The summed E-state index contributed by atoms with van der Waals surface area (Å²) in [5.74, 6) is 0.251. The lowest BCUT2D eigenvalue weighted by Gasteiger charge is -2.12. The molecular weight excluding hydrogens is 318 g/mol. The number of rotatable bonds is 7. The maximum atomic E-state index is 12.0. The van der Waals surface area contributed by atoms with E-state index in [1.165, 1.54) is 6.20 Å². The zero-order valence-electron chi connectivity index (χ0n) is 14.7. The van der Waals surface area contributed by atoms with Crippen LogP contribution < -0.4 is 10.6 Å². The molecule has 0 radical (unpaired) electrons. The van der Waals surface area contributed by atoms with Gasteiger partial charge < -0.3 is 15.5 Å². The first-order valence-electron chi connectivity index (χ1n) is 8.06. The van der Waals surface area contributed by atoms with E-state index in [0.29, 0.717) is 36.6 Å². The van der Waals surface area contributed by atoms with E-state index in [1.807, 2.05) is 44.4 Å². The van der Waals surface area contributed by atoms with Gasteiger partial charge in [0, 0.05) is 31.8 Å². The summed E-state index contributed by atoms with van der Waals surface area (Å²) >= 11 is 0. The quantitative estimate of drug-likeness (QED) is 0.775. The van der Waals surface area contributed by atoms with Crippen molar-refractivity contribution in [2.45, 2.75) is 6.42 Å². The van der Waals surface area contributed by atoms with E-state index in [2.05, 4.69) is 20.6 Å². The maximum Gasteiger partial charge on any atom is 0.254 e. The highest BCUT2D eigenvalue weighted by molar-refractivity contribution is 5.95. The van der Waals surface area contributed by atoms with Gasteiger partial charge in [-0.2, -0.15) is 0 Å². The highest BCUT2D eigenvalue weighted by atomic mass is 16.2. The molecule has 7 nitrogen and oxygen atoms in total. The third-order valence-electron chi connectivity index (χ3n) is 3.52. The number of hydrogen-bond donors (Lipinski definition) is 2. The van der Waals surface area contributed by atoms with Crippen LogP contribution in [0.5, 0.6) is 0 Å². The summed E-state index contributed by atoms with van der Waals surface area (Å²) < 4.78 is 0. The molecule has 2 aromatic rings. The van der Waals surface area contributed by atoms with Crippen LogP contribution in [0.15, 0.2) is 36.5 Å². The van der Waals surface area contributed by atoms with Crippen molar-refractivity contribution in [3.8, 4) is 11.4 Å². The summed E-state index contributed by atoms with van der Waals surface area (Å²) in [6, 6.07) is 9.57. The highest BCUT2D eigenvalue weighted by Gasteiger charge is 2.14. The molecule has 0 unspecified atom stereocenters. The average molecular weight is 341 g/mol. The molecule has 1 aromatic heterocycles. The van der Waals surface area contributed by atoms with Gasteiger partial charge in [-0.25, -0.2) is 9.97 Å². The van der Waals surface area contributed by atoms with E-state index in [4.69, 9.17) is 0 Å². The van der Waals surface area contributed by atoms with Crippen LogP contribution in [0.25, 0.3) is 11.4 Å². The van der Waals surface area contributed by atoms with Crippen molar-refractivity contribution in [3.05, 3.63) is 47.8 Å². The smallest absolute Gasteiger partial charge is 0.254 e. The van der Waals surface area contributed by atoms with Gasteiger partial charge in [-0.1, -0.05) is 30.3 Å². The van der Waals surface area contributed by atoms with E-state index < -0.39 is 0 Å². The SMILES string of the molecule is CNC(=O)c1cnc(-c2ccccc2)nc1CCNC(=O)CN(C)C. The van der Waals surface area contributed by atoms with Gasteiger partial charge >= 0.3 is 0 Å². The largest absolute Gasteiger partial charge is 0.355 e. The van der Waals surface area contributed by atoms with Crippen LogP contribution in [-0.2, 0) is 11.2 Å². The van der Waals surface area contributed by atoms with Gasteiger partial charge in [-0.3, -0.25) is 9.59 Å². The van der Waals surface area contributed by atoms with Gasteiger partial charge in [-0.15, -0.1) is 0 Å². The second kappa shape index (κ2) is 8.89. The van der Waals surface area contributed by atoms with Crippen LogP contribution in [0.3, 0.4) is 0 Å². The molecule has 0 aliphatic heterocycles. The van der Waals surface area contributed by atoms with Crippen LogP contribution in [0.2, 0.25) is 0 Å². The van der Waals surface area contributed by atoms with E-state index in [1.54, 1.807) is 11.9 Å². The number of carbonyl (C=O) groups is 2. The Morgan fingerprint density at radius 1 is 1.16 bits per heavy atom. The molecule has 0 aliphatic rings.